The molecule has 1 fully saturated rings. The first-order chi connectivity index (χ1) is 9.45. The Hall–Kier alpha value is -1.14. The van der Waals surface area contributed by atoms with Crippen LogP contribution >= 0.6 is 12.4 Å². The van der Waals surface area contributed by atoms with E-state index in [0.717, 1.165) is 25.7 Å². The number of hydrogen-bond acceptors (Lipinski definition) is 5. The SMILES string of the molecule is CC(C)Cc1noc(CN(C)C(=O)[C@H]2CC[C@@H](N)C2)n1.Cl. The third-order valence-electron chi connectivity index (χ3n) is 3.67. The molecule has 1 aromatic rings. The molecule has 7 heteroatoms. The van der Waals surface area contributed by atoms with Crippen LogP contribution in [0.1, 0.15) is 44.8 Å². The molecule has 0 unspecified atom stereocenters. The first kappa shape index (κ1) is 17.9. The number of carbonyl (C=O) groups excluding carboxylic acids is 1. The van der Waals surface area contributed by atoms with Gasteiger partial charge in [0.05, 0.1) is 6.54 Å². The van der Waals surface area contributed by atoms with Gasteiger partial charge in [-0.25, -0.2) is 0 Å². The molecule has 0 aromatic carbocycles. The van der Waals surface area contributed by atoms with E-state index in [1.54, 1.807) is 11.9 Å². The minimum Gasteiger partial charge on any atom is -0.337 e. The van der Waals surface area contributed by atoms with E-state index in [4.69, 9.17) is 10.3 Å². The molecule has 2 rings (SSSR count). The second-order valence-electron chi connectivity index (χ2n) is 6.17. The summed E-state index contributed by atoms with van der Waals surface area (Å²) in [6.07, 6.45) is 3.39. The lowest BCUT2D eigenvalue weighted by Crippen LogP contribution is -2.32. The van der Waals surface area contributed by atoms with Gasteiger partial charge in [-0.05, 0) is 25.2 Å². The molecule has 0 saturated heterocycles. The number of carbonyl (C=O) groups is 1. The van der Waals surface area contributed by atoms with E-state index in [2.05, 4.69) is 24.0 Å². The Labute approximate surface area is 131 Å². The molecule has 120 valence electrons. The normalized spacial score (nSPS) is 21.4. The lowest BCUT2D eigenvalue weighted by Gasteiger charge is -2.19. The van der Waals surface area contributed by atoms with Crippen LogP contribution in [0.4, 0.5) is 0 Å². The van der Waals surface area contributed by atoms with Gasteiger partial charge in [-0.3, -0.25) is 4.79 Å². The summed E-state index contributed by atoms with van der Waals surface area (Å²) < 4.78 is 5.19. The Kier molecular flexibility index (Phi) is 6.61. The fourth-order valence-corrected chi connectivity index (χ4v) is 2.64. The third kappa shape index (κ3) is 4.97. The van der Waals surface area contributed by atoms with E-state index in [9.17, 15) is 4.79 Å². The van der Waals surface area contributed by atoms with Crippen molar-refractivity contribution in [1.29, 1.82) is 0 Å². The van der Waals surface area contributed by atoms with E-state index in [0.29, 0.717) is 24.2 Å². The summed E-state index contributed by atoms with van der Waals surface area (Å²) in [4.78, 5) is 18.2. The van der Waals surface area contributed by atoms with Gasteiger partial charge in [0.25, 0.3) is 0 Å². The molecule has 1 aliphatic rings. The van der Waals surface area contributed by atoms with E-state index in [-0.39, 0.29) is 30.3 Å². The zero-order valence-corrected chi connectivity index (χ0v) is 13.7. The van der Waals surface area contributed by atoms with Crippen molar-refractivity contribution < 1.29 is 9.32 Å². The van der Waals surface area contributed by atoms with Crippen LogP contribution in [0.2, 0.25) is 0 Å². The van der Waals surface area contributed by atoms with E-state index in [1.165, 1.54) is 0 Å². The second-order valence-corrected chi connectivity index (χ2v) is 6.17. The molecule has 21 heavy (non-hydrogen) atoms. The van der Waals surface area contributed by atoms with Gasteiger partial charge in [0.1, 0.15) is 0 Å². The summed E-state index contributed by atoms with van der Waals surface area (Å²) in [6.45, 7) is 4.58. The number of nitrogens with zero attached hydrogens (tertiary/aromatic N) is 3. The van der Waals surface area contributed by atoms with Crippen LogP contribution < -0.4 is 5.73 Å². The van der Waals surface area contributed by atoms with Crippen LogP contribution in [0.3, 0.4) is 0 Å². The van der Waals surface area contributed by atoms with Crippen LogP contribution in [0.15, 0.2) is 4.52 Å². The van der Waals surface area contributed by atoms with Crippen molar-refractivity contribution in [1.82, 2.24) is 15.0 Å². The van der Waals surface area contributed by atoms with Crippen molar-refractivity contribution in [2.45, 2.75) is 52.1 Å². The van der Waals surface area contributed by atoms with Gasteiger partial charge in [0.15, 0.2) is 5.82 Å². The average Bonchev–Trinajstić information content (AvgIpc) is 2.97. The molecular weight excluding hydrogens is 292 g/mol. The van der Waals surface area contributed by atoms with Crippen LogP contribution in [-0.4, -0.2) is 34.0 Å². The molecular formula is C14H25ClN4O2. The average molecular weight is 317 g/mol. The van der Waals surface area contributed by atoms with Gasteiger partial charge in [-0.1, -0.05) is 19.0 Å². The van der Waals surface area contributed by atoms with Gasteiger partial charge in [0.2, 0.25) is 11.8 Å². The molecule has 0 radical (unpaired) electrons. The smallest absolute Gasteiger partial charge is 0.246 e. The standard InChI is InChI=1S/C14H24N4O2.ClH/c1-9(2)6-12-16-13(20-17-12)8-18(3)14(19)10-4-5-11(15)7-10;/h9-11H,4-8,15H2,1-3H3;1H/t10-,11+;/m0./s1. The Morgan fingerprint density at radius 3 is 2.76 bits per heavy atom. The molecule has 1 amide bonds. The number of hydrogen-bond donors (Lipinski definition) is 1. The predicted molar refractivity (Wildman–Crippen MR) is 81.9 cm³/mol. The lowest BCUT2D eigenvalue weighted by molar-refractivity contribution is -0.134. The number of halogens is 1. The molecule has 0 aliphatic heterocycles. The van der Waals surface area contributed by atoms with Crippen molar-refractivity contribution >= 4 is 18.3 Å². The summed E-state index contributed by atoms with van der Waals surface area (Å²) in [5.41, 5.74) is 5.85. The maximum atomic E-state index is 12.3. The molecule has 1 aromatic heterocycles. The molecule has 2 N–H and O–H groups in total. The summed E-state index contributed by atoms with van der Waals surface area (Å²) in [5.74, 6) is 1.87. The van der Waals surface area contributed by atoms with E-state index >= 15 is 0 Å². The molecule has 1 saturated carbocycles. The van der Waals surface area contributed by atoms with Crippen LogP contribution in [0.5, 0.6) is 0 Å². The van der Waals surface area contributed by atoms with Gasteiger partial charge in [-0.15, -0.1) is 12.4 Å². The Morgan fingerprint density at radius 1 is 1.48 bits per heavy atom. The fourth-order valence-electron chi connectivity index (χ4n) is 2.64. The zero-order chi connectivity index (χ0) is 14.7. The first-order valence-electron chi connectivity index (χ1n) is 7.27. The highest BCUT2D eigenvalue weighted by Crippen LogP contribution is 2.26. The van der Waals surface area contributed by atoms with Crippen LogP contribution in [0, 0.1) is 11.8 Å². The van der Waals surface area contributed by atoms with Crippen molar-refractivity contribution in [3.8, 4) is 0 Å². The largest absolute Gasteiger partial charge is 0.337 e. The van der Waals surface area contributed by atoms with E-state index < -0.39 is 0 Å². The number of nitrogens with two attached hydrogens (primary N) is 1. The van der Waals surface area contributed by atoms with Crippen LogP contribution in [-0.2, 0) is 17.8 Å². The highest BCUT2D eigenvalue weighted by molar-refractivity contribution is 5.85. The Bertz CT molecular complexity index is 464. The Balaban J connectivity index is 0.00000220. The fraction of sp³-hybridized carbons (Fsp3) is 0.786. The topological polar surface area (TPSA) is 85.2 Å². The molecule has 1 aliphatic carbocycles. The molecule has 0 spiro atoms. The van der Waals surface area contributed by atoms with Crippen molar-refractivity contribution in [2.75, 3.05) is 7.05 Å². The summed E-state index contributed by atoms with van der Waals surface area (Å²) in [7, 11) is 1.78. The number of amides is 1. The number of rotatable bonds is 5. The summed E-state index contributed by atoms with van der Waals surface area (Å²) in [6, 6.07) is 0.165. The van der Waals surface area contributed by atoms with Gasteiger partial charge < -0.3 is 15.2 Å². The minimum absolute atomic E-state index is 0. The predicted octanol–water partition coefficient (Wildman–Crippen LogP) is 1.78. The zero-order valence-electron chi connectivity index (χ0n) is 12.9. The van der Waals surface area contributed by atoms with Crippen molar-refractivity contribution in [2.24, 2.45) is 17.6 Å². The number of aromatic nitrogens is 2. The maximum absolute atomic E-state index is 12.3. The van der Waals surface area contributed by atoms with Crippen molar-refractivity contribution in [3.63, 3.8) is 0 Å². The minimum atomic E-state index is 0. The van der Waals surface area contributed by atoms with Gasteiger partial charge in [-0.2, -0.15) is 4.98 Å². The highest BCUT2D eigenvalue weighted by Gasteiger charge is 2.30. The monoisotopic (exact) mass is 316 g/mol. The first-order valence-corrected chi connectivity index (χ1v) is 7.27. The quantitative estimate of drug-likeness (QED) is 0.895. The van der Waals surface area contributed by atoms with Crippen LogP contribution in [0.25, 0.3) is 0 Å². The molecule has 6 nitrogen and oxygen atoms in total. The van der Waals surface area contributed by atoms with Crippen molar-refractivity contribution in [3.05, 3.63) is 11.7 Å². The lowest BCUT2D eigenvalue weighted by atomic mass is 10.1. The van der Waals surface area contributed by atoms with Gasteiger partial charge in [0, 0.05) is 25.4 Å². The molecule has 2 atom stereocenters. The summed E-state index contributed by atoms with van der Waals surface area (Å²) in [5, 5.41) is 3.93. The van der Waals surface area contributed by atoms with E-state index in [1.807, 2.05) is 0 Å². The molecule has 0 bridgehead atoms. The summed E-state index contributed by atoms with van der Waals surface area (Å²) >= 11 is 0. The highest BCUT2D eigenvalue weighted by atomic mass is 35.5. The Morgan fingerprint density at radius 2 is 2.19 bits per heavy atom. The second kappa shape index (κ2) is 7.75. The molecule has 1 heterocycles. The third-order valence-corrected chi connectivity index (χ3v) is 3.67. The maximum Gasteiger partial charge on any atom is 0.246 e. The van der Waals surface area contributed by atoms with Gasteiger partial charge >= 0.3 is 0 Å².